The lowest BCUT2D eigenvalue weighted by atomic mass is 10.2. The molecule has 0 bridgehead atoms. The molecule has 6 heteroatoms. The van der Waals surface area contributed by atoms with Crippen LogP contribution in [0.15, 0.2) is 83.3 Å². The molecule has 0 spiro atoms. The molecule has 28 heavy (non-hydrogen) atoms. The van der Waals surface area contributed by atoms with Crippen molar-refractivity contribution in [1.29, 1.82) is 0 Å². The van der Waals surface area contributed by atoms with Crippen LogP contribution in [-0.4, -0.2) is 18.0 Å². The summed E-state index contributed by atoms with van der Waals surface area (Å²) in [5, 5.41) is 2.72. The highest BCUT2D eigenvalue weighted by Crippen LogP contribution is 2.23. The molecule has 0 aromatic heterocycles. The zero-order chi connectivity index (χ0) is 19.9. The first-order valence-corrected chi connectivity index (χ1v) is 9.41. The maximum Gasteiger partial charge on any atom is 0.340 e. The van der Waals surface area contributed by atoms with Gasteiger partial charge in [-0.15, -0.1) is 0 Å². The van der Waals surface area contributed by atoms with E-state index in [0.717, 1.165) is 5.75 Å². The van der Waals surface area contributed by atoms with Crippen molar-refractivity contribution in [3.63, 3.8) is 0 Å². The van der Waals surface area contributed by atoms with Gasteiger partial charge in [-0.1, -0.05) is 30.3 Å². The van der Waals surface area contributed by atoms with E-state index >= 15 is 0 Å². The molecule has 142 valence electrons. The van der Waals surface area contributed by atoms with Crippen molar-refractivity contribution in [3.8, 4) is 11.5 Å². The number of hydrogen-bond acceptors (Lipinski definition) is 4. The molecule has 0 heterocycles. The Morgan fingerprint density at radius 1 is 0.857 bits per heavy atom. The van der Waals surface area contributed by atoms with Crippen LogP contribution < -0.4 is 10.1 Å². The van der Waals surface area contributed by atoms with Gasteiger partial charge in [0.1, 0.15) is 11.5 Å². The van der Waals surface area contributed by atoms with Crippen LogP contribution in [0.4, 0.5) is 5.69 Å². The molecule has 1 atom stereocenters. The summed E-state index contributed by atoms with van der Waals surface area (Å²) in [6, 6.07) is 23.2. The second-order valence-corrected chi connectivity index (χ2v) is 6.81. The van der Waals surface area contributed by atoms with Gasteiger partial charge in [0.15, 0.2) is 6.10 Å². The second-order valence-electron chi connectivity index (χ2n) is 5.96. The first-order valence-electron chi connectivity index (χ1n) is 8.62. The van der Waals surface area contributed by atoms with E-state index < -0.39 is 18.0 Å². The molecule has 1 N–H and O–H groups in total. The number of halogens is 1. The van der Waals surface area contributed by atoms with Gasteiger partial charge >= 0.3 is 5.97 Å². The molecular weight excluding hydrogens is 422 g/mol. The highest BCUT2D eigenvalue weighted by molar-refractivity contribution is 9.10. The van der Waals surface area contributed by atoms with E-state index in [1.807, 2.05) is 30.3 Å². The molecule has 0 aliphatic heterocycles. The summed E-state index contributed by atoms with van der Waals surface area (Å²) in [6.45, 7) is 1.52. The number of benzene rings is 3. The molecule has 3 aromatic rings. The summed E-state index contributed by atoms with van der Waals surface area (Å²) in [7, 11) is 0. The smallest absolute Gasteiger partial charge is 0.340 e. The first kappa shape index (κ1) is 19.6. The van der Waals surface area contributed by atoms with E-state index in [9.17, 15) is 9.59 Å². The Kier molecular flexibility index (Phi) is 6.45. The van der Waals surface area contributed by atoms with Gasteiger partial charge < -0.3 is 14.8 Å². The number of esters is 1. The maximum atomic E-state index is 12.3. The number of nitrogens with one attached hydrogen (secondary N) is 1. The Hall–Kier alpha value is -3.12. The lowest BCUT2D eigenvalue weighted by molar-refractivity contribution is -0.123. The minimum Gasteiger partial charge on any atom is -0.457 e. The number of amides is 1. The van der Waals surface area contributed by atoms with E-state index in [0.29, 0.717) is 21.5 Å². The van der Waals surface area contributed by atoms with E-state index in [2.05, 4.69) is 21.2 Å². The predicted octanol–water partition coefficient (Wildman–Crippen LogP) is 5.43. The van der Waals surface area contributed by atoms with Crippen LogP contribution in [0.1, 0.15) is 17.3 Å². The lowest BCUT2D eigenvalue weighted by Crippen LogP contribution is -2.30. The zero-order valence-corrected chi connectivity index (χ0v) is 16.7. The number of carbonyl (C=O) groups is 2. The van der Waals surface area contributed by atoms with Gasteiger partial charge in [-0.2, -0.15) is 0 Å². The van der Waals surface area contributed by atoms with Crippen molar-refractivity contribution < 1.29 is 19.1 Å². The number of carbonyl (C=O) groups excluding carboxylic acids is 2. The van der Waals surface area contributed by atoms with E-state index in [4.69, 9.17) is 9.47 Å². The van der Waals surface area contributed by atoms with Crippen molar-refractivity contribution in [2.75, 3.05) is 5.32 Å². The van der Waals surface area contributed by atoms with Gasteiger partial charge in [0.25, 0.3) is 5.91 Å². The highest BCUT2D eigenvalue weighted by atomic mass is 79.9. The fourth-order valence-electron chi connectivity index (χ4n) is 2.38. The Bertz CT molecular complexity index is 958. The third kappa shape index (κ3) is 5.20. The van der Waals surface area contributed by atoms with Crippen LogP contribution in [-0.2, 0) is 9.53 Å². The van der Waals surface area contributed by atoms with E-state index in [1.54, 1.807) is 48.5 Å². The number of para-hydroxylation sites is 1. The van der Waals surface area contributed by atoms with Crippen molar-refractivity contribution in [1.82, 2.24) is 0 Å². The topological polar surface area (TPSA) is 64.6 Å². The molecule has 1 unspecified atom stereocenters. The second kappa shape index (κ2) is 9.19. The molecule has 0 fully saturated rings. The van der Waals surface area contributed by atoms with Crippen molar-refractivity contribution in [3.05, 3.63) is 88.9 Å². The SMILES string of the molecule is CC(OC(=O)c1ccccc1Br)C(=O)Nc1ccc(Oc2ccccc2)cc1. The average Bonchev–Trinajstić information content (AvgIpc) is 2.70. The summed E-state index contributed by atoms with van der Waals surface area (Å²) in [6.07, 6.45) is -0.945. The van der Waals surface area contributed by atoms with Crippen molar-refractivity contribution in [2.24, 2.45) is 0 Å². The molecule has 3 rings (SSSR count). The summed E-state index contributed by atoms with van der Waals surface area (Å²) in [4.78, 5) is 24.5. The van der Waals surface area contributed by atoms with E-state index in [-0.39, 0.29) is 0 Å². The average molecular weight is 440 g/mol. The Morgan fingerprint density at radius 2 is 1.46 bits per heavy atom. The molecule has 0 radical (unpaired) electrons. The standard InChI is InChI=1S/C22H18BrNO4/c1-15(27-22(26)19-9-5-6-10-20(19)23)21(25)24-16-11-13-18(14-12-16)28-17-7-3-2-4-8-17/h2-15H,1H3,(H,24,25). The predicted molar refractivity (Wildman–Crippen MR) is 111 cm³/mol. The quantitative estimate of drug-likeness (QED) is 0.520. The van der Waals surface area contributed by atoms with Gasteiger partial charge in [-0.3, -0.25) is 4.79 Å². The largest absolute Gasteiger partial charge is 0.457 e. The maximum absolute atomic E-state index is 12.3. The van der Waals surface area contributed by atoms with Gasteiger partial charge in [-0.05, 0) is 71.4 Å². The molecule has 1 amide bonds. The van der Waals surface area contributed by atoms with Gasteiger partial charge in [0.2, 0.25) is 0 Å². The summed E-state index contributed by atoms with van der Waals surface area (Å²) in [5.41, 5.74) is 0.943. The highest BCUT2D eigenvalue weighted by Gasteiger charge is 2.20. The minimum absolute atomic E-state index is 0.365. The first-order chi connectivity index (χ1) is 13.5. The Labute approximate surface area is 171 Å². The van der Waals surface area contributed by atoms with Crippen LogP contribution in [0.3, 0.4) is 0 Å². The van der Waals surface area contributed by atoms with Crippen molar-refractivity contribution in [2.45, 2.75) is 13.0 Å². The molecule has 0 aliphatic rings. The summed E-state index contributed by atoms with van der Waals surface area (Å²) in [5.74, 6) is 0.392. The fourth-order valence-corrected chi connectivity index (χ4v) is 2.83. The third-order valence-corrected chi connectivity index (χ3v) is 4.54. The van der Waals surface area contributed by atoms with Crippen LogP contribution in [0, 0.1) is 0 Å². The molecule has 5 nitrogen and oxygen atoms in total. The van der Waals surface area contributed by atoms with Crippen LogP contribution in [0.25, 0.3) is 0 Å². The monoisotopic (exact) mass is 439 g/mol. The molecule has 0 saturated carbocycles. The number of hydrogen-bond donors (Lipinski definition) is 1. The minimum atomic E-state index is -0.945. The number of anilines is 1. The Morgan fingerprint density at radius 3 is 2.14 bits per heavy atom. The van der Waals surface area contributed by atoms with Gasteiger partial charge in [-0.25, -0.2) is 4.79 Å². The van der Waals surface area contributed by atoms with Crippen LogP contribution >= 0.6 is 15.9 Å². The molecule has 3 aromatic carbocycles. The van der Waals surface area contributed by atoms with Gasteiger partial charge in [0.05, 0.1) is 5.56 Å². The van der Waals surface area contributed by atoms with E-state index in [1.165, 1.54) is 6.92 Å². The molecule has 0 saturated heterocycles. The lowest BCUT2D eigenvalue weighted by Gasteiger charge is -2.14. The number of ether oxygens (including phenoxy) is 2. The molecular formula is C22H18BrNO4. The Balaban J connectivity index is 1.56. The van der Waals surface area contributed by atoms with Gasteiger partial charge in [0, 0.05) is 10.2 Å². The fraction of sp³-hybridized carbons (Fsp3) is 0.0909. The third-order valence-electron chi connectivity index (χ3n) is 3.85. The van der Waals surface area contributed by atoms with Crippen molar-refractivity contribution >= 4 is 33.5 Å². The molecule has 0 aliphatic carbocycles. The zero-order valence-electron chi connectivity index (χ0n) is 15.1. The number of rotatable bonds is 6. The summed E-state index contributed by atoms with van der Waals surface area (Å²) < 4.78 is 11.6. The van der Waals surface area contributed by atoms with Crippen LogP contribution in [0.5, 0.6) is 11.5 Å². The summed E-state index contributed by atoms with van der Waals surface area (Å²) >= 11 is 3.29. The van der Waals surface area contributed by atoms with Crippen LogP contribution in [0.2, 0.25) is 0 Å². The normalized spacial score (nSPS) is 11.4.